The van der Waals surface area contributed by atoms with Crippen molar-refractivity contribution in [2.75, 3.05) is 48.3 Å². The molecule has 162 valence electrons. The number of aliphatic hydroxyl groups excluding tert-OH is 1. The van der Waals surface area contributed by atoms with Crippen LogP contribution in [0.4, 0.5) is 4.79 Å². The number of methoxy groups -OCH3 is 1. The first-order valence-electron chi connectivity index (χ1n) is 8.81. The van der Waals surface area contributed by atoms with Crippen LogP contribution >= 0.6 is 0 Å². The number of rotatable bonds is 14. The Labute approximate surface area is 166 Å². The first-order chi connectivity index (χ1) is 13.3. The predicted molar refractivity (Wildman–Crippen MR) is 98.5 cm³/mol. The molecule has 1 aliphatic rings. The second-order valence-corrected chi connectivity index (χ2v) is 9.31. The predicted octanol–water partition coefficient (Wildman–Crippen LogP) is 0.903. The lowest BCUT2D eigenvalue weighted by atomic mass is 10.2. The molecule has 1 fully saturated rings. The number of carbonyl (C=O) groups is 2. The summed E-state index contributed by atoms with van der Waals surface area (Å²) < 4.78 is 35.8. The van der Waals surface area contributed by atoms with Crippen molar-refractivity contribution in [2.45, 2.75) is 30.6 Å². The van der Waals surface area contributed by atoms with Gasteiger partial charge in [0.15, 0.2) is 0 Å². The molecule has 28 heavy (non-hydrogen) atoms. The van der Waals surface area contributed by atoms with Crippen molar-refractivity contribution in [2.24, 2.45) is 5.92 Å². The summed E-state index contributed by atoms with van der Waals surface area (Å²) >= 11 is 0. The fourth-order valence-electron chi connectivity index (χ4n) is 2.66. The van der Waals surface area contributed by atoms with Gasteiger partial charge in [0.1, 0.15) is 12.7 Å². The van der Waals surface area contributed by atoms with Crippen LogP contribution in [0.25, 0.3) is 0 Å². The van der Waals surface area contributed by atoms with E-state index in [-0.39, 0.29) is 19.1 Å². The van der Waals surface area contributed by atoms with Crippen molar-refractivity contribution in [1.29, 1.82) is 0 Å². The summed E-state index contributed by atoms with van der Waals surface area (Å²) in [6.45, 7) is 3.56. The summed E-state index contributed by atoms with van der Waals surface area (Å²) in [7, 11) is 3.16. The van der Waals surface area contributed by atoms with Gasteiger partial charge in [-0.05, 0) is 6.42 Å². The zero-order valence-electron chi connectivity index (χ0n) is 16.8. The van der Waals surface area contributed by atoms with Crippen LogP contribution in [0, 0.1) is 5.92 Å². The lowest BCUT2D eigenvalue weighted by Crippen LogP contribution is -2.42. The van der Waals surface area contributed by atoms with Crippen molar-refractivity contribution in [1.82, 2.24) is 0 Å². The van der Waals surface area contributed by atoms with Gasteiger partial charge in [-0.15, -0.1) is 6.58 Å². The van der Waals surface area contributed by atoms with Crippen LogP contribution < -0.4 is 0 Å². The van der Waals surface area contributed by atoms with E-state index in [1.165, 1.54) is 34.5 Å². The van der Waals surface area contributed by atoms with E-state index >= 15 is 0 Å². The molecule has 3 atom stereocenters. The number of aliphatic hydroxyl groups is 1. The van der Waals surface area contributed by atoms with E-state index in [4.69, 9.17) is 27.5 Å². The van der Waals surface area contributed by atoms with E-state index in [0.29, 0.717) is 25.5 Å². The SMILES string of the molecule is C=CC1CC1(OC(=O)OCC(O)COCCC[Si](OC)(OC)OC)C(=O)OC. The summed E-state index contributed by atoms with van der Waals surface area (Å²) in [6.07, 6.45) is 0.317. The van der Waals surface area contributed by atoms with E-state index in [2.05, 4.69) is 11.3 Å². The van der Waals surface area contributed by atoms with Gasteiger partial charge in [-0.3, -0.25) is 0 Å². The zero-order valence-corrected chi connectivity index (χ0v) is 17.8. The molecule has 1 N–H and O–H groups in total. The Kier molecular flexibility index (Phi) is 10.1. The van der Waals surface area contributed by atoms with Gasteiger partial charge in [0.2, 0.25) is 5.60 Å². The smallest absolute Gasteiger partial charge is 0.466 e. The highest BCUT2D eigenvalue weighted by Crippen LogP contribution is 2.48. The quantitative estimate of drug-likeness (QED) is 0.187. The van der Waals surface area contributed by atoms with Crippen LogP contribution in [-0.2, 0) is 37.0 Å². The van der Waals surface area contributed by atoms with E-state index in [1.54, 1.807) is 0 Å². The molecular weight excluding hydrogens is 392 g/mol. The molecule has 3 unspecified atom stereocenters. The van der Waals surface area contributed by atoms with Crippen LogP contribution in [0.2, 0.25) is 6.04 Å². The third-order valence-electron chi connectivity index (χ3n) is 4.45. The maximum atomic E-state index is 11.8. The highest BCUT2D eigenvalue weighted by molar-refractivity contribution is 6.60. The summed E-state index contributed by atoms with van der Waals surface area (Å²) in [4.78, 5) is 23.6. The standard InChI is InChI=1S/C17H30O10Si/c1-6-13-10-17(13,15(19)21-2)27-16(20)26-12-14(18)11-25-8-7-9-28(22-3,23-4)24-5/h6,13-14,18H,1,7-12H2,2-5H3. The zero-order chi connectivity index (χ0) is 21.2. The average molecular weight is 423 g/mol. The van der Waals surface area contributed by atoms with Crippen molar-refractivity contribution in [3.05, 3.63) is 12.7 Å². The number of carbonyl (C=O) groups excluding carboxylic acids is 2. The Morgan fingerprint density at radius 2 is 1.86 bits per heavy atom. The minimum atomic E-state index is -2.64. The number of ether oxygens (including phenoxy) is 4. The monoisotopic (exact) mass is 422 g/mol. The summed E-state index contributed by atoms with van der Waals surface area (Å²) in [5.74, 6) is -0.983. The number of esters is 1. The van der Waals surface area contributed by atoms with Gasteiger partial charge in [-0.2, -0.15) is 0 Å². The van der Waals surface area contributed by atoms with E-state index in [0.717, 1.165) is 0 Å². The van der Waals surface area contributed by atoms with Crippen LogP contribution in [0.1, 0.15) is 12.8 Å². The second-order valence-electron chi connectivity index (χ2n) is 6.22. The first kappa shape index (κ1) is 24.5. The molecule has 0 bridgehead atoms. The Hall–Kier alpha value is -1.50. The Balaban J connectivity index is 2.24. The number of hydrogen-bond acceptors (Lipinski definition) is 10. The maximum absolute atomic E-state index is 11.8. The molecule has 0 aromatic carbocycles. The molecule has 0 spiro atoms. The Morgan fingerprint density at radius 3 is 2.36 bits per heavy atom. The molecule has 0 radical (unpaired) electrons. The van der Waals surface area contributed by atoms with Gasteiger partial charge in [-0.1, -0.05) is 6.08 Å². The Morgan fingerprint density at radius 1 is 1.21 bits per heavy atom. The third-order valence-corrected chi connectivity index (χ3v) is 7.28. The normalized spacial score (nSPS) is 22.2. The van der Waals surface area contributed by atoms with Crippen molar-refractivity contribution >= 4 is 20.9 Å². The topological polar surface area (TPSA) is 119 Å². The minimum absolute atomic E-state index is 0.0355. The molecule has 11 heteroatoms. The molecule has 0 aliphatic heterocycles. The van der Waals surface area contributed by atoms with E-state index < -0.39 is 32.6 Å². The van der Waals surface area contributed by atoms with Crippen LogP contribution in [0.3, 0.4) is 0 Å². The summed E-state index contributed by atoms with van der Waals surface area (Å²) in [5.41, 5.74) is -1.38. The lowest BCUT2D eigenvalue weighted by Gasteiger charge is -2.24. The molecule has 1 saturated carbocycles. The maximum Gasteiger partial charge on any atom is 0.509 e. The molecule has 0 saturated heterocycles. The fourth-order valence-corrected chi connectivity index (χ4v) is 4.35. The van der Waals surface area contributed by atoms with Gasteiger partial charge in [0.05, 0.1) is 13.7 Å². The largest absolute Gasteiger partial charge is 0.509 e. The molecule has 0 heterocycles. The van der Waals surface area contributed by atoms with Crippen LogP contribution in [0.5, 0.6) is 0 Å². The van der Waals surface area contributed by atoms with E-state index in [9.17, 15) is 14.7 Å². The van der Waals surface area contributed by atoms with Crippen molar-refractivity contribution in [3.8, 4) is 0 Å². The second kappa shape index (κ2) is 11.5. The van der Waals surface area contributed by atoms with E-state index in [1.807, 2.05) is 0 Å². The molecule has 1 aliphatic carbocycles. The van der Waals surface area contributed by atoms with Crippen molar-refractivity contribution < 1.29 is 46.9 Å². The Bertz CT molecular complexity index is 516. The van der Waals surface area contributed by atoms with Gasteiger partial charge in [-0.25, -0.2) is 9.59 Å². The van der Waals surface area contributed by atoms with Crippen molar-refractivity contribution in [3.63, 3.8) is 0 Å². The van der Waals surface area contributed by atoms with Gasteiger partial charge in [0, 0.05) is 46.3 Å². The fraction of sp³-hybridized carbons (Fsp3) is 0.765. The average Bonchev–Trinajstić information content (AvgIpc) is 3.43. The highest BCUT2D eigenvalue weighted by atomic mass is 28.4. The van der Waals surface area contributed by atoms with Gasteiger partial charge in [0.25, 0.3) is 0 Å². The van der Waals surface area contributed by atoms with Crippen LogP contribution in [0.15, 0.2) is 12.7 Å². The molecule has 0 aromatic rings. The van der Waals surface area contributed by atoms with Gasteiger partial charge >= 0.3 is 20.9 Å². The molecule has 0 amide bonds. The lowest BCUT2D eigenvalue weighted by molar-refractivity contribution is -0.155. The molecular formula is C17H30O10Si. The minimum Gasteiger partial charge on any atom is -0.466 e. The molecule has 1 rings (SSSR count). The first-order valence-corrected chi connectivity index (χ1v) is 10.7. The summed E-state index contributed by atoms with van der Waals surface area (Å²) in [6, 6.07) is 0.565. The molecule has 10 nitrogen and oxygen atoms in total. The third kappa shape index (κ3) is 6.53. The summed E-state index contributed by atoms with van der Waals surface area (Å²) in [5, 5.41) is 9.83. The number of hydrogen-bond donors (Lipinski definition) is 1. The van der Waals surface area contributed by atoms with Gasteiger partial charge < -0.3 is 37.3 Å². The van der Waals surface area contributed by atoms with Crippen LogP contribution in [-0.4, -0.2) is 86.0 Å². The highest BCUT2D eigenvalue weighted by Gasteiger charge is 2.64. The molecule has 0 aromatic heterocycles.